The maximum absolute atomic E-state index is 13.0. The van der Waals surface area contributed by atoms with Gasteiger partial charge in [0.2, 0.25) is 0 Å². The van der Waals surface area contributed by atoms with E-state index in [4.69, 9.17) is 11.6 Å². The molecule has 24 heavy (non-hydrogen) atoms. The van der Waals surface area contributed by atoms with Crippen LogP contribution in [0.4, 0.5) is 49.7 Å². The van der Waals surface area contributed by atoms with Crippen molar-refractivity contribution >= 4 is 23.3 Å². The summed E-state index contributed by atoms with van der Waals surface area (Å²) in [6.07, 6.45) is -11.7. The Morgan fingerprint density at radius 1 is 1.00 bits per heavy atom. The van der Waals surface area contributed by atoms with Gasteiger partial charge >= 0.3 is 30.1 Å². The molecule has 0 aromatic carbocycles. The number of halogens is 11. The van der Waals surface area contributed by atoms with Gasteiger partial charge in [-0.2, -0.15) is 43.9 Å². The molecule has 0 aliphatic rings. The van der Waals surface area contributed by atoms with E-state index in [-0.39, 0.29) is 12.3 Å². The van der Waals surface area contributed by atoms with Crippen molar-refractivity contribution in [2.45, 2.75) is 24.2 Å². The van der Waals surface area contributed by atoms with E-state index < -0.39 is 46.5 Å². The lowest BCUT2D eigenvalue weighted by molar-refractivity contribution is -0.343. The molecule has 0 radical (unpaired) electrons. The fourth-order valence-corrected chi connectivity index (χ4v) is 1.41. The quantitative estimate of drug-likeness (QED) is 0.768. The van der Waals surface area contributed by atoms with E-state index in [0.29, 0.717) is 0 Å². The number of amides is 1. The van der Waals surface area contributed by atoms with E-state index in [1.807, 2.05) is 0 Å². The van der Waals surface area contributed by atoms with Gasteiger partial charge in [0, 0.05) is 6.20 Å². The average molecular weight is 393 g/mol. The Balaban J connectivity index is 3.12. The van der Waals surface area contributed by atoms with Gasteiger partial charge in [-0.25, -0.2) is 4.98 Å². The average Bonchev–Trinajstić information content (AvgIpc) is 2.38. The van der Waals surface area contributed by atoms with Gasteiger partial charge < -0.3 is 5.32 Å². The largest absolute Gasteiger partial charge is 0.460 e. The van der Waals surface area contributed by atoms with Crippen LogP contribution in [0.25, 0.3) is 0 Å². The Morgan fingerprint density at radius 2 is 1.50 bits per heavy atom. The number of nitrogens with zero attached hydrogens (tertiary/aromatic N) is 1. The third-order valence-corrected chi connectivity index (χ3v) is 2.72. The third-order valence-electron chi connectivity index (χ3n) is 2.44. The highest BCUT2D eigenvalue weighted by atomic mass is 35.5. The van der Waals surface area contributed by atoms with Gasteiger partial charge in [-0.15, -0.1) is 0 Å². The number of alkyl halides is 10. The number of carbonyl (C=O) groups is 1. The summed E-state index contributed by atoms with van der Waals surface area (Å²) in [4.78, 5) is 13.8. The van der Waals surface area contributed by atoms with Crippen LogP contribution in [0.5, 0.6) is 0 Å². The zero-order chi connectivity index (χ0) is 19.1. The van der Waals surface area contributed by atoms with Crippen LogP contribution in [0.1, 0.15) is 5.56 Å². The van der Waals surface area contributed by atoms with Crippen LogP contribution < -0.4 is 5.32 Å². The number of hydrogen-bond acceptors (Lipinski definition) is 2. The Bertz CT molecular complexity index is 640. The molecule has 0 fully saturated rings. The molecule has 0 spiro atoms. The van der Waals surface area contributed by atoms with Gasteiger partial charge in [-0.1, -0.05) is 11.6 Å². The van der Waals surface area contributed by atoms with E-state index in [1.54, 1.807) is 0 Å². The first-order chi connectivity index (χ1) is 10.5. The number of pyridine rings is 1. The zero-order valence-corrected chi connectivity index (χ0v) is 11.4. The van der Waals surface area contributed by atoms with Crippen LogP contribution in [0, 0.1) is 0 Å². The Labute approximate surface area is 130 Å². The fraction of sp³-hybridized carbons (Fsp3) is 0.400. The van der Waals surface area contributed by atoms with Crippen LogP contribution in [-0.2, 0) is 11.0 Å². The Hall–Kier alpha value is -1.79. The number of aromatic nitrogens is 1. The summed E-state index contributed by atoms with van der Waals surface area (Å²) in [7, 11) is 0. The predicted molar refractivity (Wildman–Crippen MR) is 58.8 cm³/mol. The molecular weight excluding hydrogens is 390 g/mol. The summed E-state index contributed by atoms with van der Waals surface area (Å²) in [6, 6.07) is 0.101. The van der Waals surface area contributed by atoms with Crippen molar-refractivity contribution in [2.75, 3.05) is 5.32 Å². The summed E-state index contributed by atoms with van der Waals surface area (Å²) in [5, 5.41) is -0.279. The van der Waals surface area contributed by atoms with Gasteiger partial charge in [0.25, 0.3) is 0 Å². The third kappa shape index (κ3) is 3.65. The van der Waals surface area contributed by atoms with Gasteiger partial charge in [0.1, 0.15) is 0 Å². The zero-order valence-electron chi connectivity index (χ0n) is 10.7. The molecule has 1 rings (SSSR count). The molecule has 3 nitrogen and oxygen atoms in total. The van der Waals surface area contributed by atoms with E-state index in [0.717, 1.165) is 5.32 Å². The van der Waals surface area contributed by atoms with Gasteiger partial charge in [-0.05, 0) is 6.07 Å². The maximum atomic E-state index is 13.0. The predicted octanol–water partition coefficient (Wildman–Crippen LogP) is 4.53. The molecular formula is C10H3ClF10N2O. The van der Waals surface area contributed by atoms with Gasteiger partial charge in [0.05, 0.1) is 10.6 Å². The second-order valence-electron chi connectivity index (χ2n) is 4.15. The second-order valence-corrected chi connectivity index (χ2v) is 4.56. The molecule has 136 valence electrons. The van der Waals surface area contributed by atoms with Crippen LogP contribution in [0.15, 0.2) is 12.3 Å². The standard InChI is InChI=1S/C10H3ClF10N2O/c11-4-1-3(8(14,15)16)2-22-5(4)23-6(24)7(12,13)9(17,18)10(19,20)21/h1-2H,(H,22,23,24). The minimum atomic E-state index is -6.76. The van der Waals surface area contributed by atoms with Crippen molar-refractivity contribution < 1.29 is 48.7 Å². The smallest absolute Gasteiger partial charge is 0.304 e. The maximum Gasteiger partial charge on any atom is 0.460 e. The number of carbonyl (C=O) groups excluding carboxylic acids is 1. The summed E-state index contributed by atoms with van der Waals surface area (Å²) >= 11 is 5.20. The molecule has 1 aromatic rings. The lowest BCUT2D eigenvalue weighted by Gasteiger charge is -2.27. The fourth-order valence-electron chi connectivity index (χ4n) is 1.19. The SMILES string of the molecule is O=C(Nc1ncc(C(F)(F)F)cc1Cl)C(F)(F)C(F)(F)C(F)(F)F. The van der Waals surface area contributed by atoms with Crippen molar-refractivity contribution in [3.8, 4) is 0 Å². The van der Waals surface area contributed by atoms with Crippen molar-refractivity contribution in [2.24, 2.45) is 0 Å². The van der Waals surface area contributed by atoms with E-state index in [2.05, 4.69) is 4.98 Å². The number of anilines is 1. The van der Waals surface area contributed by atoms with Crippen molar-refractivity contribution in [1.82, 2.24) is 4.98 Å². The first-order valence-electron chi connectivity index (χ1n) is 5.38. The lowest BCUT2D eigenvalue weighted by Crippen LogP contribution is -2.57. The molecule has 0 saturated carbocycles. The molecule has 0 aliphatic heterocycles. The summed E-state index contributed by atoms with van der Waals surface area (Å²) in [6.45, 7) is 0. The summed E-state index contributed by atoms with van der Waals surface area (Å²) in [5.41, 5.74) is -1.47. The molecule has 0 atom stereocenters. The first-order valence-corrected chi connectivity index (χ1v) is 5.76. The summed E-state index contributed by atoms with van der Waals surface area (Å²) < 4.78 is 124. The van der Waals surface area contributed by atoms with E-state index in [1.165, 1.54) is 0 Å². The molecule has 0 aliphatic carbocycles. The molecule has 0 saturated heterocycles. The van der Waals surface area contributed by atoms with Crippen molar-refractivity contribution in [1.29, 1.82) is 0 Å². The molecule has 0 unspecified atom stereocenters. The first kappa shape index (κ1) is 20.3. The highest BCUT2D eigenvalue weighted by Gasteiger charge is 2.76. The molecule has 1 amide bonds. The number of nitrogens with one attached hydrogen (secondary N) is 1. The van der Waals surface area contributed by atoms with Crippen molar-refractivity contribution in [3.63, 3.8) is 0 Å². The van der Waals surface area contributed by atoms with Crippen LogP contribution in [0.3, 0.4) is 0 Å². The molecule has 0 bridgehead atoms. The number of hydrogen-bond donors (Lipinski definition) is 1. The van der Waals surface area contributed by atoms with Gasteiger partial charge in [0.15, 0.2) is 5.82 Å². The van der Waals surface area contributed by atoms with Crippen molar-refractivity contribution in [3.05, 3.63) is 22.8 Å². The highest BCUT2D eigenvalue weighted by Crippen LogP contribution is 2.47. The van der Waals surface area contributed by atoms with Crippen LogP contribution in [0.2, 0.25) is 5.02 Å². The van der Waals surface area contributed by atoms with E-state index >= 15 is 0 Å². The van der Waals surface area contributed by atoms with E-state index in [9.17, 15) is 48.7 Å². The Kier molecular flexibility index (Phi) is 5.01. The lowest BCUT2D eigenvalue weighted by atomic mass is 10.1. The minimum absolute atomic E-state index is 0.00153. The molecule has 1 heterocycles. The van der Waals surface area contributed by atoms with Crippen LogP contribution in [-0.4, -0.2) is 28.9 Å². The minimum Gasteiger partial charge on any atom is -0.304 e. The van der Waals surface area contributed by atoms with Crippen LogP contribution >= 0.6 is 11.6 Å². The highest BCUT2D eigenvalue weighted by molar-refractivity contribution is 6.33. The second kappa shape index (κ2) is 5.93. The summed E-state index contributed by atoms with van der Waals surface area (Å²) in [5.74, 6) is -17.4. The van der Waals surface area contributed by atoms with Gasteiger partial charge in [-0.3, -0.25) is 4.79 Å². The topological polar surface area (TPSA) is 42.0 Å². The molecule has 1 aromatic heterocycles. The number of rotatable bonds is 3. The normalized spacial score (nSPS) is 13.8. The molecule has 14 heteroatoms. The monoisotopic (exact) mass is 392 g/mol. The molecule has 1 N–H and O–H groups in total. The Morgan fingerprint density at radius 3 is 1.88 bits per heavy atom.